The lowest BCUT2D eigenvalue weighted by Crippen LogP contribution is -2.28. The van der Waals surface area contributed by atoms with E-state index >= 15 is 0 Å². The average Bonchev–Trinajstić information content (AvgIpc) is 2.34. The quantitative estimate of drug-likeness (QED) is 0.817. The second-order valence-electron chi connectivity index (χ2n) is 4.26. The Hall–Kier alpha value is -1.27. The number of amides is 1. The van der Waals surface area contributed by atoms with Crippen molar-refractivity contribution in [1.29, 1.82) is 0 Å². The Kier molecular flexibility index (Phi) is 6.29. The number of alkyl halides is 3. The van der Waals surface area contributed by atoms with Crippen LogP contribution in [0.2, 0.25) is 5.02 Å². The second-order valence-corrected chi connectivity index (χ2v) is 4.69. The van der Waals surface area contributed by atoms with Crippen molar-refractivity contribution < 1.29 is 22.7 Å². The summed E-state index contributed by atoms with van der Waals surface area (Å²) in [6.07, 6.45) is -4.49. The highest BCUT2D eigenvalue weighted by Gasteiger charge is 2.27. The van der Waals surface area contributed by atoms with Gasteiger partial charge in [-0.1, -0.05) is 23.7 Å². The molecule has 0 bridgehead atoms. The first-order valence-corrected chi connectivity index (χ1v) is 6.35. The van der Waals surface area contributed by atoms with Crippen molar-refractivity contribution >= 4 is 17.5 Å². The molecule has 0 heterocycles. The molecule has 0 saturated carbocycles. The molecule has 112 valence electrons. The number of halogens is 4. The molecule has 0 radical (unpaired) electrons. The number of rotatable bonds is 6. The van der Waals surface area contributed by atoms with E-state index < -0.39 is 12.8 Å². The standard InChI is InChI=1S/C13H15ClF3NO2/c1-9(10-2-4-11(14)5-3-10)18-12(19)6-7-20-8-13(15,16)17/h2-5,9H,6-8H2,1H3,(H,18,19). The topological polar surface area (TPSA) is 38.3 Å². The average molecular weight is 310 g/mol. The number of nitrogens with one attached hydrogen (secondary N) is 1. The van der Waals surface area contributed by atoms with Crippen LogP contribution >= 0.6 is 11.6 Å². The van der Waals surface area contributed by atoms with E-state index in [0.717, 1.165) is 5.56 Å². The first-order chi connectivity index (χ1) is 9.28. The third kappa shape index (κ3) is 6.77. The predicted octanol–water partition coefficient (Wildman–Crippen LogP) is 3.49. The summed E-state index contributed by atoms with van der Waals surface area (Å²) in [4.78, 5) is 11.5. The molecule has 7 heteroatoms. The fraction of sp³-hybridized carbons (Fsp3) is 0.462. The van der Waals surface area contributed by atoms with Crippen molar-refractivity contribution in [1.82, 2.24) is 5.32 Å². The molecule has 1 N–H and O–H groups in total. The molecule has 20 heavy (non-hydrogen) atoms. The first kappa shape index (κ1) is 16.8. The van der Waals surface area contributed by atoms with E-state index in [4.69, 9.17) is 11.6 Å². The second kappa shape index (κ2) is 7.50. The summed E-state index contributed by atoms with van der Waals surface area (Å²) < 4.78 is 39.8. The van der Waals surface area contributed by atoms with E-state index in [1.54, 1.807) is 31.2 Å². The molecule has 0 spiro atoms. The molecule has 1 amide bonds. The molecular weight excluding hydrogens is 295 g/mol. The largest absolute Gasteiger partial charge is 0.411 e. The van der Waals surface area contributed by atoms with Crippen molar-refractivity contribution in [3.8, 4) is 0 Å². The van der Waals surface area contributed by atoms with Crippen LogP contribution in [0.15, 0.2) is 24.3 Å². The van der Waals surface area contributed by atoms with E-state index in [2.05, 4.69) is 10.1 Å². The molecule has 3 nitrogen and oxygen atoms in total. The van der Waals surface area contributed by atoms with Crippen molar-refractivity contribution in [2.45, 2.75) is 25.6 Å². The smallest absolute Gasteiger partial charge is 0.372 e. The van der Waals surface area contributed by atoms with Crippen LogP contribution in [0.5, 0.6) is 0 Å². The van der Waals surface area contributed by atoms with E-state index in [0.29, 0.717) is 5.02 Å². The molecule has 0 aromatic heterocycles. The Balaban J connectivity index is 2.30. The van der Waals surface area contributed by atoms with Gasteiger partial charge in [-0.25, -0.2) is 0 Å². The van der Waals surface area contributed by atoms with E-state index in [1.165, 1.54) is 0 Å². The minimum absolute atomic E-state index is 0.117. The van der Waals surface area contributed by atoms with Gasteiger partial charge < -0.3 is 10.1 Å². The lowest BCUT2D eigenvalue weighted by molar-refractivity contribution is -0.174. The van der Waals surface area contributed by atoms with Crippen LogP contribution in [-0.4, -0.2) is 25.3 Å². The molecule has 1 atom stereocenters. The zero-order chi connectivity index (χ0) is 15.2. The third-order valence-corrected chi connectivity index (χ3v) is 2.74. The molecule has 1 aromatic rings. The molecule has 0 aliphatic carbocycles. The van der Waals surface area contributed by atoms with Gasteiger partial charge in [0.15, 0.2) is 0 Å². The van der Waals surface area contributed by atoms with E-state index in [-0.39, 0.29) is 25.0 Å². The van der Waals surface area contributed by atoms with Crippen LogP contribution in [-0.2, 0) is 9.53 Å². The Labute approximate surface area is 120 Å². The van der Waals surface area contributed by atoms with Gasteiger partial charge in [0.05, 0.1) is 12.6 Å². The van der Waals surface area contributed by atoms with Crippen molar-refractivity contribution in [3.05, 3.63) is 34.9 Å². The van der Waals surface area contributed by atoms with Gasteiger partial charge in [0, 0.05) is 11.4 Å². The van der Waals surface area contributed by atoms with Crippen LogP contribution < -0.4 is 5.32 Å². The van der Waals surface area contributed by atoms with Gasteiger partial charge in [0.2, 0.25) is 5.91 Å². The molecule has 1 aromatic carbocycles. The third-order valence-electron chi connectivity index (χ3n) is 2.49. The molecule has 0 aliphatic rings. The number of carbonyl (C=O) groups is 1. The first-order valence-electron chi connectivity index (χ1n) is 5.97. The minimum atomic E-state index is -4.37. The van der Waals surface area contributed by atoms with Gasteiger partial charge in [-0.15, -0.1) is 0 Å². The van der Waals surface area contributed by atoms with Gasteiger partial charge in [0.1, 0.15) is 6.61 Å². The predicted molar refractivity (Wildman–Crippen MR) is 69.5 cm³/mol. The highest BCUT2D eigenvalue weighted by atomic mass is 35.5. The highest BCUT2D eigenvalue weighted by Crippen LogP contribution is 2.16. The lowest BCUT2D eigenvalue weighted by Gasteiger charge is -2.14. The van der Waals surface area contributed by atoms with Gasteiger partial charge in [-0.3, -0.25) is 4.79 Å². The Morgan fingerprint density at radius 2 is 1.95 bits per heavy atom. The summed E-state index contributed by atoms with van der Waals surface area (Å²) in [6, 6.07) is 6.70. The maximum Gasteiger partial charge on any atom is 0.411 e. The van der Waals surface area contributed by atoms with Crippen LogP contribution in [0.25, 0.3) is 0 Å². The van der Waals surface area contributed by atoms with E-state index in [1.807, 2.05) is 0 Å². The van der Waals surface area contributed by atoms with Crippen molar-refractivity contribution in [2.24, 2.45) is 0 Å². The summed E-state index contributed by atoms with van der Waals surface area (Å²) in [5.74, 6) is -0.366. The highest BCUT2D eigenvalue weighted by molar-refractivity contribution is 6.30. The Morgan fingerprint density at radius 1 is 1.35 bits per heavy atom. The SMILES string of the molecule is CC(NC(=O)CCOCC(F)(F)F)c1ccc(Cl)cc1. The minimum Gasteiger partial charge on any atom is -0.372 e. The number of carbonyl (C=O) groups excluding carboxylic acids is 1. The van der Waals surface area contributed by atoms with E-state index in [9.17, 15) is 18.0 Å². The Morgan fingerprint density at radius 3 is 2.50 bits per heavy atom. The molecular formula is C13H15ClF3NO2. The number of benzene rings is 1. The van der Waals surface area contributed by atoms with Crippen LogP contribution in [0.4, 0.5) is 13.2 Å². The maximum atomic E-state index is 11.8. The van der Waals surface area contributed by atoms with Gasteiger partial charge in [0.25, 0.3) is 0 Å². The lowest BCUT2D eigenvalue weighted by atomic mass is 10.1. The fourth-order valence-corrected chi connectivity index (χ4v) is 1.63. The molecule has 0 aliphatic heterocycles. The summed E-state index contributed by atoms with van der Waals surface area (Å²) >= 11 is 5.75. The molecule has 0 saturated heterocycles. The zero-order valence-corrected chi connectivity index (χ0v) is 11.6. The summed E-state index contributed by atoms with van der Waals surface area (Å²) in [5, 5.41) is 3.26. The normalized spacial score (nSPS) is 13.1. The summed E-state index contributed by atoms with van der Waals surface area (Å²) in [6.45, 7) is 0.170. The van der Waals surface area contributed by atoms with Gasteiger partial charge >= 0.3 is 6.18 Å². The number of hydrogen-bond acceptors (Lipinski definition) is 2. The number of ether oxygens (including phenoxy) is 1. The van der Waals surface area contributed by atoms with Crippen LogP contribution in [0, 0.1) is 0 Å². The summed E-state index contributed by atoms with van der Waals surface area (Å²) in [5.41, 5.74) is 0.860. The maximum absolute atomic E-state index is 11.8. The Bertz CT molecular complexity index is 434. The number of hydrogen-bond donors (Lipinski definition) is 1. The fourth-order valence-electron chi connectivity index (χ4n) is 1.50. The van der Waals surface area contributed by atoms with Crippen molar-refractivity contribution in [2.75, 3.05) is 13.2 Å². The van der Waals surface area contributed by atoms with Crippen LogP contribution in [0.3, 0.4) is 0 Å². The zero-order valence-electron chi connectivity index (χ0n) is 10.8. The summed E-state index contributed by atoms with van der Waals surface area (Å²) in [7, 11) is 0. The molecule has 1 unspecified atom stereocenters. The van der Waals surface area contributed by atoms with Gasteiger partial charge in [-0.2, -0.15) is 13.2 Å². The van der Waals surface area contributed by atoms with Crippen LogP contribution in [0.1, 0.15) is 24.9 Å². The van der Waals surface area contributed by atoms with Gasteiger partial charge in [-0.05, 0) is 24.6 Å². The molecule has 1 rings (SSSR count). The van der Waals surface area contributed by atoms with Crippen molar-refractivity contribution in [3.63, 3.8) is 0 Å². The molecule has 0 fully saturated rings. The monoisotopic (exact) mass is 309 g/mol.